The van der Waals surface area contributed by atoms with Gasteiger partial charge in [-0.2, -0.15) is 0 Å². The number of ketones is 1. The number of aliphatic hydroxyl groups is 1. The number of hydrogen-bond acceptors (Lipinski definition) is 4. The second-order valence-electron chi connectivity index (χ2n) is 6.69. The predicted molar refractivity (Wildman–Crippen MR) is 99.2 cm³/mol. The first-order chi connectivity index (χ1) is 12.4. The van der Waals surface area contributed by atoms with Gasteiger partial charge in [0.15, 0.2) is 5.60 Å². The number of benzene rings is 2. The molecule has 1 N–H and O–H groups in total. The van der Waals surface area contributed by atoms with Gasteiger partial charge in [0.25, 0.3) is 5.91 Å². The summed E-state index contributed by atoms with van der Waals surface area (Å²) in [5.74, 6) is 0.00273. The molecule has 0 aliphatic carbocycles. The molecule has 0 unspecified atom stereocenters. The first-order valence-corrected chi connectivity index (χ1v) is 8.72. The van der Waals surface area contributed by atoms with Crippen LogP contribution >= 0.6 is 0 Å². The molecule has 5 nitrogen and oxygen atoms in total. The summed E-state index contributed by atoms with van der Waals surface area (Å²) < 4.78 is 5.65. The van der Waals surface area contributed by atoms with Crippen molar-refractivity contribution in [1.29, 1.82) is 0 Å². The van der Waals surface area contributed by atoms with Crippen LogP contribution in [-0.2, 0) is 21.7 Å². The monoisotopic (exact) mass is 353 g/mol. The van der Waals surface area contributed by atoms with E-state index in [9.17, 15) is 14.7 Å². The topological polar surface area (TPSA) is 66.8 Å². The van der Waals surface area contributed by atoms with Crippen molar-refractivity contribution in [2.45, 2.75) is 39.3 Å². The molecule has 0 radical (unpaired) electrons. The van der Waals surface area contributed by atoms with Crippen molar-refractivity contribution in [2.75, 3.05) is 11.5 Å². The van der Waals surface area contributed by atoms with E-state index >= 15 is 0 Å². The van der Waals surface area contributed by atoms with Crippen molar-refractivity contribution in [1.82, 2.24) is 0 Å². The molecular weight excluding hydrogens is 330 g/mol. The molecule has 1 aliphatic rings. The standard InChI is InChI=1S/C21H23NO4/c1-4-26-19-8-6-5-7-16(19)13-22-18-10-9-14(2)11-17(18)21(25,20(22)24)12-15(3)23/h5-11,25H,4,12-13H2,1-3H3/t21-/m1/s1. The van der Waals surface area contributed by atoms with E-state index in [1.54, 1.807) is 6.07 Å². The number of aryl methyl sites for hydroxylation is 1. The number of ether oxygens (including phenoxy) is 1. The van der Waals surface area contributed by atoms with Crippen LogP contribution in [0.2, 0.25) is 0 Å². The highest BCUT2D eigenvalue weighted by Gasteiger charge is 2.50. The molecule has 0 saturated heterocycles. The lowest BCUT2D eigenvalue weighted by Gasteiger charge is -2.23. The second kappa shape index (κ2) is 6.92. The molecule has 0 saturated carbocycles. The third kappa shape index (κ3) is 3.10. The highest BCUT2D eigenvalue weighted by molar-refractivity contribution is 6.08. The van der Waals surface area contributed by atoms with Crippen molar-refractivity contribution in [2.24, 2.45) is 0 Å². The van der Waals surface area contributed by atoms with Crippen molar-refractivity contribution < 1.29 is 19.4 Å². The zero-order valence-electron chi connectivity index (χ0n) is 15.3. The fraction of sp³-hybridized carbons (Fsp3) is 0.333. The molecule has 0 spiro atoms. The summed E-state index contributed by atoms with van der Waals surface area (Å²) in [7, 11) is 0. The SMILES string of the molecule is CCOc1ccccc1CN1C(=O)[C@@](O)(CC(C)=O)c2cc(C)ccc21. The Morgan fingerprint density at radius 1 is 1.23 bits per heavy atom. The average Bonchev–Trinajstić information content (AvgIpc) is 2.78. The molecule has 2 aromatic rings. The molecular formula is C21H23NO4. The molecule has 2 aromatic carbocycles. The number of para-hydroxylation sites is 1. The summed E-state index contributed by atoms with van der Waals surface area (Å²) in [4.78, 5) is 26.3. The Morgan fingerprint density at radius 3 is 2.65 bits per heavy atom. The lowest BCUT2D eigenvalue weighted by atomic mass is 9.89. The van der Waals surface area contributed by atoms with Gasteiger partial charge in [-0.15, -0.1) is 0 Å². The van der Waals surface area contributed by atoms with E-state index in [2.05, 4.69) is 0 Å². The molecule has 1 amide bonds. The van der Waals surface area contributed by atoms with Crippen LogP contribution in [0.25, 0.3) is 0 Å². The smallest absolute Gasteiger partial charge is 0.264 e. The van der Waals surface area contributed by atoms with E-state index in [1.807, 2.05) is 50.2 Å². The Labute approximate surface area is 153 Å². The van der Waals surface area contributed by atoms with Crippen molar-refractivity contribution in [3.8, 4) is 5.75 Å². The minimum atomic E-state index is -1.81. The largest absolute Gasteiger partial charge is 0.494 e. The molecule has 5 heteroatoms. The van der Waals surface area contributed by atoms with Crippen LogP contribution in [0.15, 0.2) is 42.5 Å². The lowest BCUT2D eigenvalue weighted by molar-refractivity contribution is -0.141. The van der Waals surface area contributed by atoms with Gasteiger partial charge in [0.2, 0.25) is 0 Å². The molecule has 1 atom stereocenters. The van der Waals surface area contributed by atoms with Crippen LogP contribution in [0.1, 0.15) is 37.0 Å². The quantitative estimate of drug-likeness (QED) is 0.866. The summed E-state index contributed by atoms with van der Waals surface area (Å²) in [5.41, 5.74) is 1.09. The third-order valence-corrected chi connectivity index (χ3v) is 4.59. The molecule has 1 aliphatic heterocycles. The van der Waals surface area contributed by atoms with Crippen molar-refractivity contribution in [3.05, 3.63) is 59.2 Å². The number of carbonyl (C=O) groups excluding carboxylic acids is 2. The summed E-state index contributed by atoms with van der Waals surface area (Å²) in [6, 6.07) is 13.0. The van der Waals surface area contributed by atoms with E-state index in [-0.39, 0.29) is 18.7 Å². The Hall–Kier alpha value is -2.66. The van der Waals surface area contributed by atoms with Crippen molar-refractivity contribution in [3.63, 3.8) is 0 Å². The fourth-order valence-electron chi connectivity index (χ4n) is 3.45. The summed E-state index contributed by atoms with van der Waals surface area (Å²) in [6.45, 7) is 5.97. The maximum atomic E-state index is 13.1. The Bertz CT molecular complexity index is 861. The predicted octanol–water partition coefficient (Wildman–Crippen LogP) is 3.11. The summed E-state index contributed by atoms with van der Waals surface area (Å²) in [6.07, 6.45) is -0.230. The lowest BCUT2D eigenvalue weighted by Crippen LogP contribution is -2.41. The van der Waals surface area contributed by atoms with E-state index in [1.165, 1.54) is 11.8 Å². The van der Waals surface area contributed by atoms with Gasteiger partial charge in [0.05, 0.1) is 18.8 Å². The molecule has 136 valence electrons. The molecule has 26 heavy (non-hydrogen) atoms. The molecule has 1 heterocycles. The van der Waals surface area contributed by atoms with Gasteiger partial charge < -0.3 is 14.7 Å². The minimum absolute atomic E-state index is 0.230. The van der Waals surface area contributed by atoms with Gasteiger partial charge in [-0.1, -0.05) is 35.9 Å². The minimum Gasteiger partial charge on any atom is -0.494 e. The van der Waals surface area contributed by atoms with Gasteiger partial charge in [0, 0.05) is 17.5 Å². The number of rotatable bonds is 6. The number of anilines is 1. The number of Topliss-reactive ketones (excluding diaryl/α,β-unsaturated/α-hetero) is 1. The maximum absolute atomic E-state index is 13.1. The average molecular weight is 353 g/mol. The Kier molecular flexibility index (Phi) is 4.83. The first-order valence-electron chi connectivity index (χ1n) is 8.72. The maximum Gasteiger partial charge on any atom is 0.264 e. The Morgan fingerprint density at radius 2 is 1.96 bits per heavy atom. The highest BCUT2D eigenvalue weighted by Crippen LogP contribution is 2.44. The first kappa shape index (κ1) is 18.1. The number of hydrogen-bond donors (Lipinski definition) is 1. The second-order valence-corrected chi connectivity index (χ2v) is 6.69. The van der Waals surface area contributed by atoms with Crippen LogP contribution in [0.3, 0.4) is 0 Å². The fourth-order valence-corrected chi connectivity index (χ4v) is 3.45. The molecule has 3 rings (SSSR count). The number of amides is 1. The van der Waals surface area contributed by atoms with Gasteiger partial charge in [0.1, 0.15) is 11.5 Å². The Balaban J connectivity index is 2.04. The van der Waals surface area contributed by atoms with Crippen LogP contribution in [-0.4, -0.2) is 23.4 Å². The zero-order valence-corrected chi connectivity index (χ0v) is 15.3. The highest BCUT2D eigenvalue weighted by atomic mass is 16.5. The number of carbonyl (C=O) groups is 2. The molecule has 0 fully saturated rings. The van der Waals surface area contributed by atoms with E-state index in [0.717, 1.165) is 11.1 Å². The van der Waals surface area contributed by atoms with Gasteiger partial charge in [-0.3, -0.25) is 9.59 Å². The van der Waals surface area contributed by atoms with E-state index in [4.69, 9.17) is 4.74 Å². The number of fused-ring (bicyclic) bond motifs is 1. The van der Waals surface area contributed by atoms with E-state index < -0.39 is 11.5 Å². The van der Waals surface area contributed by atoms with Crippen LogP contribution < -0.4 is 9.64 Å². The van der Waals surface area contributed by atoms with Gasteiger partial charge in [-0.25, -0.2) is 0 Å². The van der Waals surface area contributed by atoms with Crippen LogP contribution in [0.4, 0.5) is 5.69 Å². The third-order valence-electron chi connectivity index (χ3n) is 4.59. The zero-order chi connectivity index (χ0) is 18.9. The summed E-state index contributed by atoms with van der Waals surface area (Å²) in [5, 5.41) is 11.1. The molecule has 0 aromatic heterocycles. The van der Waals surface area contributed by atoms with E-state index in [0.29, 0.717) is 23.6 Å². The van der Waals surface area contributed by atoms with Crippen LogP contribution in [0, 0.1) is 6.92 Å². The van der Waals surface area contributed by atoms with Gasteiger partial charge >= 0.3 is 0 Å². The summed E-state index contributed by atoms with van der Waals surface area (Å²) >= 11 is 0. The van der Waals surface area contributed by atoms with Crippen LogP contribution in [0.5, 0.6) is 5.75 Å². The van der Waals surface area contributed by atoms with Gasteiger partial charge in [-0.05, 0) is 32.9 Å². The van der Waals surface area contributed by atoms with Crippen molar-refractivity contribution >= 4 is 17.4 Å². The normalized spacial score (nSPS) is 18.8. The number of nitrogens with zero attached hydrogens (tertiary/aromatic N) is 1. The molecule has 0 bridgehead atoms.